The smallest absolute Gasteiger partial charge is 0.294 e. The zero-order valence-electron chi connectivity index (χ0n) is 17.3. The minimum Gasteiger partial charge on any atom is -0.347 e. The summed E-state index contributed by atoms with van der Waals surface area (Å²) in [6.45, 7) is 0. The molecule has 0 saturated carbocycles. The van der Waals surface area contributed by atoms with E-state index in [4.69, 9.17) is 0 Å². The molecule has 0 saturated heterocycles. The van der Waals surface area contributed by atoms with Crippen LogP contribution in [0.5, 0.6) is 0 Å². The quantitative estimate of drug-likeness (QED) is 0.349. The monoisotopic (exact) mass is 479 g/mol. The average Bonchev–Trinajstić information content (AvgIpc) is 2.68. The highest BCUT2D eigenvalue weighted by molar-refractivity contribution is 7.92. The number of hydrogen-bond donors (Lipinski definition) is 4. The minimum atomic E-state index is -4.38. The lowest BCUT2D eigenvalue weighted by molar-refractivity contribution is 0.483. The van der Waals surface area contributed by atoms with Crippen molar-refractivity contribution in [3.8, 4) is 0 Å². The van der Waals surface area contributed by atoms with Crippen molar-refractivity contribution in [2.75, 3.05) is 40.6 Å². The van der Waals surface area contributed by atoms with E-state index >= 15 is 0 Å². The van der Waals surface area contributed by atoms with E-state index in [9.17, 15) is 21.4 Å². The van der Waals surface area contributed by atoms with Crippen LogP contribution in [0.1, 0.15) is 0 Å². The number of aromatic nitrogens is 3. The van der Waals surface area contributed by atoms with Crippen molar-refractivity contribution in [1.82, 2.24) is 15.0 Å². The van der Waals surface area contributed by atoms with Gasteiger partial charge in [-0.2, -0.15) is 23.4 Å². The molecule has 0 spiro atoms. The summed E-state index contributed by atoms with van der Waals surface area (Å²) in [5.74, 6) is 0.483. The second-order valence-corrected chi connectivity index (χ2v) is 10.0. The highest BCUT2D eigenvalue weighted by Gasteiger charge is 2.14. The first-order valence-electron chi connectivity index (χ1n) is 9.02. The Balaban J connectivity index is 1.96. The largest absolute Gasteiger partial charge is 0.347 e. The minimum absolute atomic E-state index is 0.0900. The third-order valence-electron chi connectivity index (χ3n) is 3.88. The molecule has 1 heterocycles. The molecule has 0 atom stereocenters. The van der Waals surface area contributed by atoms with Crippen LogP contribution >= 0.6 is 0 Å². The molecule has 32 heavy (non-hydrogen) atoms. The highest BCUT2D eigenvalue weighted by Crippen LogP contribution is 2.26. The van der Waals surface area contributed by atoms with Crippen molar-refractivity contribution in [3.63, 3.8) is 0 Å². The molecule has 0 bridgehead atoms. The SMILES string of the molecule is CN(C)c1nc(Nc2cccc(S(=O)(=O)O)c2)nc(Nc2ccccc2NS(C)(=O)=O)n1. The van der Waals surface area contributed by atoms with Gasteiger partial charge in [0.1, 0.15) is 0 Å². The number of nitrogens with zero attached hydrogens (tertiary/aromatic N) is 4. The maximum Gasteiger partial charge on any atom is 0.294 e. The summed E-state index contributed by atoms with van der Waals surface area (Å²) >= 11 is 0. The van der Waals surface area contributed by atoms with Crippen molar-refractivity contribution in [2.45, 2.75) is 4.90 Å². The van der Waals surface area contributed by atoms with Gasteiger partial charge in [0.25, 0.3) is 10.1 Å². The zero-order valence-corrected chi connectivity index (χ0v) is 18.9. The van der Waals surface area contributed by atoms with E-state index in [1.54, 1.807) is 49.3 Å². The fraction of sp³-hybridized carbons (Fsp3) is 0.167. The normalized spacial score (nSPS) is 11.6. The highest BCUT2D eigenvalue weighted by atomic mass is 32.2. The van der Waals surface area contributed by atoms with E-state index in [0.717, 1.165) is 6.26 Å². The van der Waals surface area contributed by atoms with E-state index in [1.807, 2.05) is 0 Å². The first-order valence-corrected chi connectivity index (χ1v) is 12.4. The Morgan fingerprint density at radius 3 is 2.06 bits per heavy atom. The first-order chi connectivity index (χ1) is 14.9. The molecule has 0 fully saturated rings. The predicted octanol–water partition coefficient (Wildman–Crippen LogP) is 2.04. The van der Waals surface area contributed by atoms with Gasteiger partial charge in [-0.3, -0.25) is 9.27 Å². The molecule has 170 valence electrons. The fourth-order valence-corrected chi connectivity index (χ4v) is 3.65. The van der Waals surface area contributed by atoms with E-state index in [1.165, 1.54) is 18.2 Å². The first kappa shape index (κ1) is 23.2. The Kier molecular flexibility index (Phi) is 6.47. The summed E-state index contributed by atoms with van der Waals surface area (Å²) in [5, 5.41) is 5.84. The predicted molar refractivity (Wildman–Crippen MR) is 122 cm³/mol. The van der Waals surface area contributed by atoms with Gasteiger partial charge in [-0.25, -0.2) is 8.42 Å². The van der Waals surface area contributed by atoms with Gasteiger partial charge in [0.2, 0.25) is 27.9 Å². The summed E-state index contributed by atoms with van der Waals surface area (Å²) in [6.07, 6.45) is 1.04. The maximum atomic E-state index is 11.6. The van der Waals surface area contributed by atoms with Crippen molar-refractivity contribution >= 4 is 55.0 Å². The molecule has 4 N–H and O–H groups in total. The topological polar surface area (TPSA) is 167 Å². The van der Waals surface area contributed by atoms with Crippen LogP contribution in [0.25, 0.3) is 0 Å². The zero-order chi connectivity index (χ0) is 23.5. The van der Waals surface area contributed by atoms with Gasteiger partial charge < -0.3 is 15.5 Å². The van der Waals surface area contributed by atoms with Crippen molar-refractivity contribution in [3.05, 3.63) is 48.5 Å². The van der Waals surface area contributed by atoms with Crippen LogP contribution in [0, 0.1) is 0 Å². The number of anilines is 6. The molecule has 3 aromatic rings. The number of benzene rings is 2. The second-order valence-electron chi connectivity index (χ2n) is 6.85. The van der Waals surface area contributed by atoms with Crippen molar-refractivity contribution in [1.29, 1.82) is 0 Å². The summed E-state index contributed by atoms with van der Waals surface area (Å²) in [4.78, 5) is 14.2. The number of hydrogen-bond acceptors (Lipinski definition) is 10. The Hall–Kier alpha value is -3.49. The lowest BCUT2D eigenvalue weighted by atomic mass is 10.3. The number of rotatable bonds is 8. The molecule has 2 aromatic carbocycles. The molecule has 0 radical (unpaired) electrons. The van der Waals surface area contributed by atoms with Crippen LogP contribution in [0.15, 0.2) is 53.4 Å². The molecule has 12 nitrogen and oxygen atoms in total. The number of nitrogens with one attached hydrogen (secondary N) is 3. The fourth-order valence-electron chi connectivity index (χ4n) is 2.54. The maximum absolute atomic E-state index is 11.6. The lowest BCUT2D eigenvalue weighted by Crippen LogP contribution is -2.16. The van der Waals surface area contributed by atoms with Gasteiger partial charge in [0.15, 0.2) is 0 Å². The Labute approximate surface area is 185 Å². The van der Waals surface area contributed by atoms with Crippen molar-refractivity contribution < 1.29 is 21.4 Å². The van der Waals surface area contributed by atoms with Crippen LogP contribution < -0.4 is 20.3 Å². The lowest BCUT2D eigenvalue weighted by Gasteiger charge is -2.16. The molecular weight excluding hydrogens is 458 g/mol. The van der Waals surface area contributed by atoms with Gasteiger partial charge in [-0.05, 0) is 30.3 Å². The summed E-state index contributed by atoms with van der Waals surface area (Å²) in [5.41, 5.74) is 1.03. The van der Waals surface area contributed by atoms with Crippen LogP contribution in [0.4, 0.5) is 34.9 Å². The molecule has 3 rings (SSSR count). The Morgan fingerprint density at radius 1 is 0.844 bits per heavy atom. The summed E-state index contributed by atoms with van der Waals surface area (Å²) < 4.78 is 57.7. The Bertz CT molecular complexity index is 1350. The van der Waals surface area contributed by atoms with Crippen LogP contribution in [0.3, 0.4) is 0 Å². The van der Waals surface area contributed by atoms with E-state index in [2.05, 4.69) is 30.3 Å². The van der Waals surface area contributed by atoms with E-state index in [0.29, 0.717) is 17.1 Å². The molecule has 1 aromatic heterocycles. The van der Waals surface area contributed by atoms with E-state index < -0.39 is 20.1 Å². The third kappa shape index (κ3) is 6.26. The third-order valence-corrected chi connectivity index (χ3v) is 5.32. The van der Waals surface area contributed by atoms with Crippen molar-refractivity contribution in [2.24, 2.45) is 0 Å². The molecule has 0 amide bonds. The van der Waals surface area contributed by atoms with Gasteiger partial charge in [0, 0.05) is 19.8 Å². The molecule has 14 heteroatoms. The van der Waals surface area contributed by atoms with Gasteiger partial charge in [-0.15, -0.1) is 0 Å². The Morgan fingerprint density at radius 2 is 1.47 bits per heavy atom. The van der Waals surface area contributed by atoms with Crippen LogP contribution in [0.2, 0.25) is 0 Å². The summed E-state index contributed by atoms with van der Waals surface area (Å²) in [6, 6.07) is 12.1. The molecule has 0 aliphatic rings. The molecule has 0 aliphatic carbocycles. The van der Waals surface area contributed by atoms with Gasteiger partial charge >= 0.3 is 0 Å². The summed E-state index contributed by atoms with van der Waals surface area (Å²) in [7, 11) is -4.44. The average molecular weight is 480 g/mol. The van der Waals surface area contributed by atoms with Gasteiger partial charge in [0.05, 0.1) is 22.5 Å². The van der Waals surface area contributed by atoms with Gasteiger partial charge in [-0.1, -0.05) is 18.2 Å². The molecular formula is C18H21N7O5S2. The van der Waals surface area contributed by atoms with Crippen LogP contribution in [-0.2, 0) is 20.1 Å². The number of sulfonamides is 1. The van der Waals surface area contributed by atoms with Crippen LogP contribution in [-0.4, -0.2) is 56.7 Å². The number of para-hydroxylation sites is 2. The van der Waals surface area contributed by atoms with E-state index in [-0.39, 0.29) is 22.7 Å². The molecule has 0 unspecified atom stereocenters. The molecule has 0 aliphatic heterocycles. The standard InChI is InChI=1S/C18H21N7O5S2/c1-25(2)18-22-16(19-12-7-6-8-13(11-12)32(28,29)30)21-17(23-18)20-14-9-4-5-10-15(14)24-31(3,26)27/h4-11,24H,1-3H3,(H,28,29,30)(H2,19,20,21,22,23). The second kappa shape index (κ2) is 8.94.